The fourth-order valence-electron chi connectivity index (χ4n) is 1.58. The first kappa shape index (κ1) is 10.3. The van der Waals surface area contributed by atoms with Gasteiger partial charge in [0.15, 0.2) is 0 Å². The highest BCUT2D eigenvalue weighted by molar-refractivity contribution is 5.21. The van der Waals surface area contributed by atoms with Gasteiger partial charge in [-0.15, -0.1) is 0 Å². The average molecular weight is 177 g/mol. The summed E-state index contributed by atoms with van der Waals surface area (Å²) in [7, 11) is 0. The molecule has 2 unspecified atom stereocenters. The Morgan fingerprint density at radius 3 is 2.15 bits per heavy atom. The van der Waals surface area contributed by atoms with Gasteiger partial charge in [-0.25, -0.2) is 0 Å². The molecule has 72 valence electrons. The number of nitrogens with one attached hydrogen (secondary N) is 1. The van der Waals surface area contributed by atoms with E-state index >= 15 is 0 Å². The Balaban J connectivity index is 0.000000396. The van der Waals surface area contributed by atoms with Crippen LogP contribution < -0.4 is 5.32 Å². The molecule has 1 aliphatic rings. The van der Waals surface area contributed by atoms with Crippen molar-refractivity contribution in [2.45, 2.75) is 26.8 Å². The van der Waals surface area contributed by atoms with Gasteiger partial charge in [-0.1, -0.05) is 51.1 Å². The Bertz CT molecular complexity index is 230. The lowest BCUT2D eigenvalue weighted by molar-refractivity contribution is 0.258. The second-order valence-corrected chi connectivity index (χ2v) is 3.27. The molecule has 1 aromatic carbocycles. The first-order valence-corrected chi connectivity index (χ1v) is 5.16. The molecule has 13 heavy (non-hydrogen) atoms. The van der Waals surface area contributed by atoms with Gasteiger partial charge in [-0.2, -0.15) is 0 Å². The van der Waals surface area contributed by atoms with Crippen LogP contribution in [0, 0.1) is 5.92 Å². The van der Waals surface area contributed by atoms with Crippen LogP contribution in [0.1, 0.15) is 32.4 Å². The van der Waals surface area contributed by atoms with Crippen LogP contribution in [0.4, 0.5) is 0 Å². The molecule has 1 heteroatoms. The van der Waals surface area contributed by atoms with Crippen molar-refractivity contribution in [3.8, 4) is 0 Å². The first-order chi connectivity index (χ1) is 6.38. The third kappa shape index (κ3) is 2.31. The number of hydrogen-bond donors (Lipinski definition) is 1. The van der Waals surface area contributed by atoms with E-state index in [4.69, 9.17) is 0 Å². The van der Waals surface area contributed by atoms with Crippen molar-refractivity contribution in [1.82, 2.24) is 5.32 Å². The van der Waals surface area contributed by atoms with Crippen molar-refractivity contribution in [3.63, 3.8) is 0 Å². The fraction of sp³-hybridized carbons (Fsp3) is 0.500. The third-order valence-electron chi connectivity index (χ3n) is 2.39. The van der Waals surface area contributed by atoms with Crippen LogP contribution in [-0.4, -0.2) is 6.54 Å². The lowest BCUT2D eigenvalue weighted by atomic mass is 9.88. The molecule has 0 spiro atoms. The van der Waals surface area contributed by atoms with Crippen LogP contribution in [-0.2, 0) is 0 Å². The topological polar surface area (TPSA) is 12.0 Å². The van der Waals surface area contributed by atoms with Crippen LogP contribution in [0.2, 0.25) is 0 Å². The standard InChI is InChI=1S/C10H13N.C2H6/c1-8-7-11-10(8)9-5-3-2-4-6-9;1-2/h2-6,8,10-11H,7H2,1H3;1-2H3. The van der Waals surface area contributed by atoms with E-state index in [-0.39, 0.29) is 0 Å². The van der Waals surface area contributed by atoms with E-state index in [2.05, 4.69) is 42.6 Å². The second kappa shape index (κ2) is 5.03. The van der Waals surface area contributed by atoms with E-state index in [1.807, 2.05) is 13.8 Å². The summed E-state index contributed by atoms with van der Waals surface area (Å²) in [4.78, 5) is 0. The SMILES string of the molecule is CC.CC1CNC1c1ccccc1. The largest absolute Gasteiger partial charge is 0.309 e. The van der Waals surface area contributed by atoms with Gasteiger partial charge in [-0.05, 0) is 11.5 Å². The number of hydrogen-bond acceptors (Lipinski definition) is 1. The van der Waals surface area contributed by atoms with E-state index in [9.17, 15) is 0 Å². The molecular formula is C12H19N. The maximum Gasteiger partial charge on any atom is 0.0358 e. The van der Waals surface area contributed by atoms with Gasteiger partial charge in [0, 0.05) is 12.6 Å². The smallest absolute Gasteiger partial charge is 0.0358 e. The van der Waals surface area contributed by atoms with E-state index in [1.165, 1.54) is 12.1 Å². The maximum atomic E-state index is 3.41. The lowest BCUT2D eigenvalue weighted by Gasteiger charge is -2.35. The molecule has 1 aliphatic heterocycles. The zero-order chi connectivity index (χ0) is 9.68. The lowest BCUT2D eigenvalue weighted by Crippen LogP contribution is -2.43. The summed E-state index contributed by atoms with van der Waals surface area (Å²) in [5.74, 6) is 0.803. The van der Waals surface area contributed by atoms with Crippen LogP contribution in [0.5, 0.6) is 0 Å². The van der Waals surface area contributed by atoms with Gasteiger partial charge in [0.2, 0.25) is 0 Å². The molecule has 1 saturated heterocycles. The van der Waals surface area contributed by atoms with E-state index < -0.39 is 0 Å². The molecule has 0 aromatic heterocycles. The minimum atomic E-state index is 0.608. The molecular weight excluding hydrogens is 158 g/mol. The quantitative estimate of drug-likeness (QED) is 0.695. The average Bonchev–Trinajstić information content (AvgIpc) is 2.20. The molecule has 1 heterocycles. The highest BCUT2D eigenvalue weighted by Crippen LogP contribution is 2.27. The normalized spacial score (nSPS) is 25.5. The molecule has 1 nitrogen and oxygen atoms in total. The van der Waals surface area contributed by atoms with Gasteiger partial charge in [-0.3, -0.25) is 0 Å². The van der Waals surface area contributed by atoms with Crippen molar-refractivity contribution in [2.24, 2.45) is 5.92 Å². The Kier molecular flexibility index (Phi) is 3.97. The summed E-state index contributed by atoms with van der Waals surface area (Å²) in [6, 6.07) is 11.2. The van der Waals surface area contributed by atoms with Gasteiger partial charge in [0.25, 0.3) is 0 Å². The zero-order valence-corrected chi connectivity index (χ0v) is 8.75. The van der Waals surface area contributed by atoms with E-state index in [1.54, 1.807) is 0 Å². The molecule has 1 aromatic rings. The number of benzene rings is 1. The minimum absolute atomic E-state index is 0.608. The van der Waals surface area contributed by atoms with Gasteiger partial charge >= 0.3 is 0 Å². The summed E-state index contributed by atoms with van der Waals surface area (Å²) in [5.41, 5.74) is 1.42. The molecule has 0 bridgehead atoms. The molecule has 0 amide bonds. The van der Waals surface area contributed by atoms with E-state index in [0.29, 0.717) is 6.04 Å². The second-order valence-electron chi connectivity index (χ2n) is 3.27. The fourth-order valence-corrected chi connectivity index (χ4v) is 1.58. The van der Waals surface area contributed by atoms with Crippen LogP contribution in [0.25, 0.3) is 0 Å². The predicted octanol–water partition coefficient (Wildman–Crippen LogP) is 2.99. The molecule has 1 fully saturated rings. The summed E-state index contributed by atoms with van der Waals surface area (Å²) >= 11 is 0. The molecule has 1 N–H and O–H groups in total. The first-order valence-electron chi connectivity index (χ1n) is 5.16. The monoisotopic (exact) mass is 177 g/mol. The molecule has 0 saturated carbocycles. The summed E-state index contributed by atoms with van der Waals surface area (Å²) < 4.78 is 0. The Morgan fingerprint density at radius 1 is 1.15 bits per heavy atom. The van der Waals surface area contributed by atoms with Crippen molar-refractivity contribution in [2.75, 3.05) is 6.54 Å². The summed E-state index contributed by atoms with van der Waals surface area (Å²) in [5, 5.41) is 3.41. The van der Waals surface area contributed by atoms with Crippen molar-refractivity contribution >= 4 is 0 Å². The Morgan fingerprint density at radius 2 is 1.77 bits per heavy atom. The minimum Gasteiger partial charge on any atom is -0.309 e. The molecule has 2 rings (SSSR count). The van der Waals surface area contributed by atoms with Gasteiger partial charge in [0.05, 0.1) is 0 Å². The predicted molar refractivity (Wildman–Crippen MR) is 57.7 cm³/mol. The van der Waals surface area contributed by atoms with Crippen LogP contribution >= 0.6 is 0 Å². The highest BCUT2D eigenvalue weighted by atomic mass is 15.0. The molecule has 0 radical (unpaired) electrons. The highest BCUT2D eigenvalue weighted by Gasteiger charge is 2.26. The Hall–Kier alpha value is -0.820. The Labute approximate surface area is 81.2 Å². The van der Waals surface area contributed by atoms with Crippen molar-refractivity contribution in [3.05, 3.63) is 35.9 Å². The van der Waals surface area contributed by atoms with Gasteiger partial charge < -0.3 is 5.32 Å². The summed E-state index contributed by atoms with van der Waals surface area (Å²) in [6.45, 7) is 7.45. The molecule has 0 aliphatic carbocycles. The van der Waals surface area contributed by atoms with Crippen molar-refractivity contribution in [1.29, 1.82) is 0 Å². The summed E-state index contributed by atoms with van der Waals surface area (Å²) in [6.07, 6.45) is 0. The van der Waals surface area contributed by atoms with Crippen LogP contribution in [0.3, 0.4) is 0 Å². The number of rotatable bonds is 1. The van der Waals surface area contributed by atoms with E-state index in [0.717, 1.165) is 5.92 Å². The molecule has 2 atom stereocenters. The van der Waals surface area contributed by atoms with Crippen molar-refractivity contribution < 1.29 is 0 Å². The maximum absolute atomic E-state index is 3.41. The third-order valence-corrected chi connectivity index (χ3v) is 2.39. The zero-order valence-electron chi connectivity index (χ0n) is 8.75. The van der Waals surface area contributed by atoms with Crippen LogP contribution in [0.15, 0.2) is 30.3 Å². The van der Waals surface area contributed by atoms with Gasteiger partial charge in [0.1, 0.15) is 0 Å².